The molecule has 0 amide bonds. The number of aliphatic hydroxyl groups is 1. The molecule has 1 N–H and O–H groups in total. The van der Waals surface area contributed by atoms with E-state index in [2.05, 4.69) is 13.8 Å². The Kier molecular flexibility index (Phi) is 3.75. The van der Waals surface area contributed by atoms with Gasteiger partial charge in [0, 0.05) is 6.26 Å². The maximum atomic E-state index is 11.1. The summed E-state index contributed by atoms with van der Waals surface area (Å²) in [6.45, 7) is 6.45. The maximum absolute atomic E-state index is 11.1. The first kappa shape index (κ1) is 14.0. The molecule has 0 heterocycles. The topological polar surface area (TPSA) is 54.4 Å². The van der Waals surface area contributed by atoms with Gasteiger partial charge in [0.05, 0.1) is 11.4 Å². The van der Waals surface area contributed by atoms with Crippen LogP contribution in [0, 0.1) is 11.3 Å². The first-order valence-corrected chi connectivity index (χ1v) is 8.00. The molecular formula is C12H24O3S. The van der Waals surface area contributed by atoms with Gasteiger partial charge in [0.15, 0.2) is 0 Å². The number of sulfone groups is 1. The van der Waals surface area contributed by atoms with Crippen LogP contribution in [0.5, 0.6) is 0 Å². The Morgan fingerprint density at radius 2 is 1.88 bits per heavy atom. The van der Waals surface area contributed by atoms with Crippen LogP contribution in [-0.2, 0) is 9.84 Å². The van der Waals surface area contributed by atoms with E-state index in [4.69, 9.17) is 0 Å². The van der Waals surface area contributed by atoms with Crippen LogP contribution >= 0.6 is 0 Å². The molecule has 3 nitrogen and oxygen atoms in total. The molecule has 0 spiro atoms. The van der Waals surface area contributed by atoms with Crippen molar-refractivity contribution in [2.24, 2.45) is 11.3 Å². The van der Waals surface area contributed by atoms with Crippen LogP contribution < -0.4 is 0 Å². The molecule has 16 heavy (non-hydrogen) atoms. The lowest BCUT2D eigenvalue weighted by Gasteiger charge is -2.45. The molecule has 0 saturated heterocycles. The minimum absolute atomic E-state index is 0.0915. The highest BCUT2D eigenvalue weighted by atomic mass is 32.2. The van der Waals surface area contributed by atoms with Gasteiger partial charge in [-0.25, -0.2) is 8.42 Å². The summed E-state index contributed by atoms with van der Waals surface area (Å²) in [5.41, 5.74) is -0.505. The van der Waals surface area contributed by atoms with Crippen molar-refractivity contribution in [1.29, 1.82) is 0 Å². The van der Waals surface area contributed by atoms with Crippen molar-refractivity contribution < 1.29 is 13.5 Å². The lowest BCUT2D eigenvalue weighted by molar-refractivity contribution is -0.0727. The fraction of sp³-hybridized carbons (Fsp3) is 1.00. The van der Waals surface area contributed by atoms with Crippen molar-refractivity contribution in [3.8, 4) is 0 Å². The zero-order valence-corrected chi connectivity index (χ0v) is 11.6. The lowest BCUT2D eigenvalue weighted by atomic mass is 9.65. The molecule has 0 aromatic rings. The number of hydrogen-bond donors (Lipinski definition) is 1. The van der Waals surface area contributed by atoms with E-state index >= 15 is 0 Å². The summed E-state index contributed by atoms with van der Waals surface area (Å²) in [6, 6.07) is 0. The molecular weight excluding hydrogens is 224 g/mol. The molecule has 0 aliphatic heterocycles. The highest BCUT2D eigenvalue weighted by Crippen LogP contribution is 2.45. The van der Waals surface area contributed by atoms with Gasteiger partial charge in [-0.1, -0.05) is 20.8 Å². The van der Waals surface area contributed by atoms with Gasteiger partial charge >= 0.3 is 0 Å². The van der Waals surface area contributed by atoms with E-state index in [-0.39, 0.29) is 17.1 Å². The Balaban J connectivity index is 2.65. The van der Waals surface area contributed by atoms with Gasteiger partial charge in [-0.2, -0.15) is 0 Å². The Morgan fingerprint density at radius 3 is 2.31 bits per heavy atom. The fourth-order valence-corrected chi connectivity index (χ4v) is 3.38. The molecule has 1 rings (SSSR count). The van der Waals surface area contributed by atoms with E-state index in [1.807, 2.05) is 6.92 Å². The summed E-state index contributed by atoms with van der Waals surface area (Å²) < 4.78 is 22.3. The Morgan fingerprint density at radius 1 is 1.31 bits per heavy atom. The Bertz CT molecular complexity index is 345. The normalized spacial score (nSPS) is 34.9. The summed E-state index contributed by atoms with van der Waals surface area (Å²) >= 11 is 0. The molecule has 1 fully saturated rings. The third-order valence-electron chi connectivity index (χ3n) is 3.92. The van der Waals surface area contributed by atoms with Crippen molar-refractivity contribution in [1.82, 2.24) is 0 Å². The molecule has 2 unspecified atom stereocenters. The minimum atomic E-state index is -2.97. The average Bonchev–Trinajstić information content (AvgIpc) is 2.08. The smallest absolute Gasteiger partial charge is 0.147 e. The number of hydrogen-bond acceptors (Lipinski definition) is 3. The van der Waals surface area contributed by atoms with E-state index in [1.54, 1.807) is 0 Å². The van der Waals surface area contributed by atoms with Gasteiger partial charge in [-0.3, -0.25) is 0 Å². The molecule has 96 valence electrons. The van der Waals surface area contributed by atoms with E-state index in [0.717, 1.165) is 19.3 Å². The maximum Gasteiger partial charge on any atom is 0.147 e. The molecule has 4 heteroatoms. The average molecular weight is 248 g/mol. The van der Waals surface area contributed by atoms with Crippen molar-refractivity contribution in [2.45, 2.75) is 52.1 Å². The van der Waals surface area contributed by atoms with E-state index in [9.17, 15) is 13.5 Å². The SMILES string of the molecule is CC1CC(C)(C)CCC1(O)CCS(C)(=O)=O. The summed E-state index contributed by atoms with van der Waals surface area (Å²) in [5.74, 6) is 0.270. The second-order valence-electron chi connectivity index (χ2n) is 6.25. The van der Waals surface area contributed by atoms with Crippen LogP contribution in [-0.4, -0.2) is 31.1 Å². The largest absolute Gasteiger partial charge is 0.390 e. The van der Waals surface area contributed by atoms with Crippen LogP contribution in [0.4, 0.5) is 0 Å². The monoisotopic (exact) mass is 248 g/mol. The minimum Gasteiger partial charge on any atom is -0.390 e. The zero-order chi connectivity index (χ0) is 12.6. The Hall–Kier alpha value is -0.0900. The van der Waals surface area contributed by atoms with Crippen molar-refractivity contribution in [3.63, 3.8) is 0 Å². The quantitative estimate of drug-likeness (QED) is 0.831. The van der Waals surface area contributed by atoms with Crippen LogP contribution in [0.15, 0.2) is 0 Å². The molecule has 1 aliphatic rings. The summed E-state index contributed by atoms with van der Waals surface area (Å²) in [5, 5.41) is 10.5. The third-order valence-corrected chi connectivity index (χ3v) is 4.86. The standard InChI is InChI=1S/C12H24O3S/c1-10-9-11(2,3)5-6-12(10,13)7-8-16(4,14)15/h10,13H,5-9H2,1-4H3. The summed E-state index contributed by atoms with van der Waals surface area (Å²) in [4.78, 5) is 0. The van der Waals surface area contributed by atoms with Crippen LogP contribution in [0.3, 0.4) is 0 Å². The van der Waals surface area contributed by atoms with Gasteiger partial charge in [0.1, 0.15) is 9.84 Å². The van der Waals surface area contributed by atoms with E-state index in [0.29, 0.717) is 6.42 Å². The highest BCUT2D eigenvalue weighted by molar-refractivity contribution is 7.90. The van der Waals surface area contributed by atoms with Crippen LogP contribution in [0.1, 0.15) is 46.5 Å². The van der Waals surface area contributed by atoms with Crippen molar-refractivity contribution >= 4 is 9.84 Å². The van der Waals surface area contributed by atoms with Crippen molar-refractivity contribution in [3.05, 3.63) is 0 Å². The van der Waals surface area contributed by atoms with Crippen molar-refractivity contribution in [2.75, 3.05) is 12.0 Å². The predicted molar refractivity (Wildman–Crippen MR) is 66.1 cm³/mol. The van der Waals surface area contributed by atoms with Gasteiger partial charge in [-0.15, -0.1) is 0 Å². The Labute approximate surface area is 99.2 Å². The van der Waals surface area contributed by atoms with Gasteiger partial charge in [0.25, 0.3) is 0 Å². The van der Waals surface area contributed by atoms with Crippen LogP contribution in [0.25, 0.3) is 0 Å². The van der Waals surface area contributed by atoms with Gasteiger partial charge < -0.3 is 5.11 Å². The molecule has 1 saturated carbocycles. The van der Waals surface area contributed by atoms with E-state index in [1.165, 1.54) is 6.26 Å². The third kappa shape index (κ3) is 3.74. The second kappa shape index (κ2) is 4.30. The first-order chi connectivity index (χ1) is 7.04. The molecule has 0 aromatic carbocycles. The summed E-state index contributed by atoms with van der Waals surface area (Å²) in [7, 11) is -2.97. The second-order valence-corrected chi connectivity index (χ2v) is 8.51. The molecule has 0 bridgehead atoms. The number of rotatable bonds is 3. The zero-order valence-electron chi connectivity index (χ0n) is 10.8. The lowest BCUT2D eigenvalue weighted by Crippen LogP contribution is -2.45. The predicted octanol–water partition coefficient (Wildman–Crippen LogP) is 2.00. The first-order valence-electron chi connectivity index (χ1n) is 5.94. The molecule has 0 aromatic heterocycles. The van der Waals surface area contributed by atoms with E-state index < -0.39 is 15.4 Å². The van der Waals surface area contributed by atoms with Gasteiger partial charge in [0.2, 0.25) is 0 Å². The molecule has 1 aliphatic carbocycles. The fourth-order valence-electron chi connectivity index (χ4n) is 2.66. The molecule has 0 radical (unpaired) electrons. The summed E-state index contributed by atoms with van der Waals surface area (Å²) in [6.07, 6.45) is 4.26. The highest BCUT2D eigenvalue weighted by Gasteiger charge is 2.42. The van der Waals surface area contributed by atoms with Crippen LogP contribution in [0.2, 0.25) is 0 Å². The van der Waals surface area contributed by atoms with Gasteiger partial charge in [-0.05, 0) is 37.0 Å². The molecule has 2 atom stereocenters.